The van der Waals surface area contributed by atoms with Crippen molar-refractivity contribution in [1.29, 1.82) is 0 Å². The van der Waals surface area contributed by atoms with Crippen molar-refractivity contribution in [2.75, 3.05) is 11.5 Å². The van der Waals surface area contributed by atoms with Crippen LogP contribution in [0.3, 0.4) is 0 Å². The first-order valence-electron chi connectivity index (χ1n) is 3.47. The quantitative estimate of drug-likeness (QED) is 0.743. The van der Waals surface area contributed by atoms with E-state index in [2.05, 4.69) is 4.98 Å². The summed E-state index contributed by atoms with van der Waals surface area (Å²) in [4.78, 5) is 14.0. The summed E-state index contributed by atoms with van der Waals surface area (Å²) < 4.78 is 24.7. The number of halogens is 3. The Hall–Kier alpha value is -1.43. The number of nitrogens with zero attached hydrogens (tertiary/aromatic N) is 1. The molecule has 0 aromatic carbocycles. The van der Waals surface area contributed by atoms with Crippen molar-refractivity contribution in [1.82, 2.24) is 4.98 Å². The zero-order chi connectivity index (χ0) is 10.9. The minimum atomic E-state index is -2.92. The number of aromatic nitrogens is 1. The third kappa shape index (κ3) is 1.90. The first-order chi connectivity index (χ1) is 6.43. The summed E-state index contributed by atoms with van der Waals surface area (Å²) in [5.74, 6) is -0.248. The number of alkyl halides is 2. The minimum absolute atomic E-state index is 0.0570. The van der Waals surface area contributed by atoms with Gasteiger partial charge in [0.2, 0.25) is 0 Å². The van der Waals surface area contributed by atoms with Gasteiger partial charge in [0.1, 0.15) is 11.5 Å². The van der Waals surface area contributed by atoms with Crippen LogP contribution in [0.5, 0.6) is 0 Å². The van der Waals surface area contributed by atoms with Crippen LogP contribution in [0, 0.1) is 0 Å². The number of hydrogen-bond donors (Lipinski definition) is 2. The third-order valence-electron chi connectivity index (χ3n) is 1.53. The van der Waals surface area contributed by atoms with E-state index in [0.29, 0.717) is 0 Å². The van der Waals surface area contributed by atoms with Gasteiger partial charge in [-0.1, -0.05) is 0 Å². The molecule has 7 heteroatoms. The van der Waals surface area contributed by atoms with Crippen LogP contribution in [-0.4, -0.2) is 10.2 Å². The first-order valence-corrected chi connectivity index (χ1v) is 3.85. The molecule has 76 valence electrons. The van der Waals surface area contributed by atoms with E-state index >= 15 is 0 Å². The average Bonchev–Trinajstić information content (AvgIpc) is 2.08. The van der Waals surface area contributed by atoms with Crippen molar-refractivity contribution >= 4 is 28.3 Å². The van der Waals surface area contributed by atoms with E-state index in [1.165, 1.54) is 0 Å². The predicted molar refractivity (Wildman–Crippen MR) is 48.2 cm³/mol. The smallest absolute Gasteiger partial charge is 0.281 e. The van der Waals surface area contributed by atoms with Crippen LogP contribution in [0.15, 0.2) is 6.07 Å². The molecule has 1 heterocycles. The standard InChI is InChI=1S/C7H6ClF2N3O/c8-5(14)2-1-3(11)7(12)13-4(2)6(9)10/h1,6H,11H2,(H2,12,13). The number of nitrogens with two attached hydrogens (primary N) is 2. The fourth-order valence-corrected chi connectivity index (χ4v) is 1.03. The van der Waals surface area contributed by atoms with Gasteiger partial charge in [-0.2, -0.15) is 0 Å². The highest BCUT2D eigenvalue weighted by Gasteiger charge is 2.20. The van der Waals surface area contributed by atoms with Gasteiger partial charge in [0.05, 0.1) is 11.3 Å². The van der Waals surface area contributed by atoms with E-state index in [1.54, 1.807) is 0 Å². The Morgan fingerprint density at radius 1 is 1.50 bits per heavy atom. The number of hydrogen-bond acceptors (Lipinski definition) is 4. The Morgan fingerprint density at radius 2 is 2.07 bits per heavy atom. The van der Waals surface area contributed by atoms with E-state index in [1.807, 2.05) is 0 Å². The van der Waals surface area contributed by atoms with Crippen molar-refractivity contribution < 1.29 is 13.6 Å². The van der Waals surface area contributed by atoms with Gasteiger partial charge in [-0.05, 0) is 17.7 Å². The van der Waals surface area contributed by atoms with Gasteiger partial charge in [0.15, 0.2) is 0 Å². The largest absolute Gasteiger partial charge is 0.396 e. The van der Waals surface area contributed by atoms with Gasteiger partial charge in [0, 0.05) is 0 Å². The number of pyridine rings is 1. The highest BCUT2D eigenvalue weighted by molar-refractivity contribution is 6.68. The SMILES string of the molecule is Nc1cc(C(=O)Cl)c(C(F)F)nc1N. The van der Waals surface area contributed by atoms with Gasteiger partial charge >= 0.3 is 0 Å². The molecule has 4 N–H and O–H groups in total. The second-order valence-corrected chi connectivity index (χ2v) is 2.81. The van der Waals surface area contributed by atoms with Crippen molar-refractivity contribution in [3.8, 4) is 0 Å². The minimum Gasteiger partial charge on any atom is -0.396 e. The van der Waals surface area contributed by atoms with Gasteiger partial charge in [-0.3, -0.25) is 4.79 Å². The molecule has 0 radical (unpaired) electrons. The second kappa shape index (κ2) is 3.75. The van der Waals surface area contributed by atoms with Crippen LogP contribution in [0.25, 0.3) is 0 Å². The summed E-state index contributed by atoms with van der Waals surface area (Å²) in [6, 6.07) is 0.985. The molecule has 1 aromatic rings. The zero-order valence-corrected chi connectivity index (χ0v) is 7.55. The maximum Gasteiger partial charge on any atom is 0.281 e. The number of rotatable bonds is 2. The highest BCUT2D eigenvalue weighted by atomic mass is 35.5. The number of carbonyl (C=O) groups excluding carboxylic acids is 1. The van der Waals surface area contributed by atoms with E-state index in [9.17, 15) is 13.6 Å². The van der Waals surface area contributed by atoms with Crippen LogP contribution in [0.1, 0.15) is 22.5 Å². The Morgan fingerprint density at radius 3 is 2.50 bits per heavy atom. The van der Waals surface area contributed by atoms with E-state index in [4.69, 9.17) is 23.1 Å². The van der Waals surface area contributed by atoms with Crippen molar-refractivity contribution in [2.24, 2.45) is 0 Å². The highest BCUT2D eigenvalue weighted by Crippen LogP contribution is 2.26. The molecule has 1 rings (SSSR count). The maximum atomic E-state index is 12.3. The van der Waals surface area contributed by atoms with Crippen LogP contribution in [0.2, 0.25) is 0 Å². The molecule has 0 spiro atoms. The van der Waals surface area contributed by atoms with Crippen LogP contribution in [-0.2, 0) is 0 Å². The summed E-state index contributed by atoms with van der Waals surface area (Å²) in [5, 5.41) is -1.04. The molecular formula is C7H6ClF2N3O. The predicted octanol–water partition coefficient (Wildman–Crippen LogP) is 1.56. The molecule has 0 aliphatic carbocycles. The lowest BCUT2D eigenvalue weighted by atomic mass is 10.2. The number of anilines is 2. The molecule has 0 aliphatic rings. The first kappa shape index (κ1) is 10.6. The molecule has 0 unspecified atom stereocenters. The van der Waals surface area contributed by atoms with E-state index < -0.39 is 22.9 Å². The third-order valence-corrected chi connectivity index (χ3v) is 1.73. The Labute approximate surface area is 82.9 Å². The van der Waals surface area contributed by atoms with E-state index in [0.717, 1.165) is 6.07 Å². The number of carbonyl (C=O) groups is 1. The monoisotopic (exact) mass is 221 g/mol. The second-order valence-electron chi connectivity index (χ2n) is 2.47. The van der Waals surface area contributed by atoms with Crippen LogP contribution in [0.4, 0.5) is 20.3 Å². The molecule has 0 atom stereocenters. The molecule has 0 saturated carbocycles. The maximum absolute atomic E-state index is 12.3. The Bertz CT molecular complexity index is 383. The van der Waals surface area contributed by atoms with Gasteiger partial charge in [-0.25, -0.2) is 13.8 Å². The van der Waals surface area contributed by atoms with Gasteiger partial charge < -0.3 is 11.5 Å². The molecular weight excluding hydrogens is 216 g/mol. The average molecular weight is 222 g/mol. The Kier molecular flexibility index (Phi) is 2.85. The van der Waals surface area contributed by atoms with E-state index in [-0.39, 0.29) is 11.5 Å². The normalized spacial score (nSPS) is 10.6. The molecule has 0 aliphatic heterocycles. The summed E-state index contributed by atoms with van der Waals surface area (Å²) in [7, 11) is 0. The molecule has 4 nitrogen and oxygen atoms in total. The molecule has 14 heavy (non-hydrogen) atoms. The zero-order valence-electron chi connectivity index (χ0n) is 6.80. The van der Waals surface area contributed by atoms with Gasteiger partial charge in [-0.15, -0.1) is 0 Å². The fourth-order valence-electron chi connectivity index (χ4n) is 0.882. The Balaban J connectivity index is 3.39. The topological polar surface area (TPSA) is 82.0 Å². The molecule has 1 aromatic heterocycles. The van der Waals surface area contributed by atoms with Crippen molar-refractivity contribution in [3.05, 3.63) is 17.3 Å². The van der Waals surface area contributed by atoms with Crippen molar-refractivity contribution in [3.63, 3.8) is 0 Å². The van der Waals surface area contributed by atoms with Crippen molar-refractivity contribution in [2.45, 2.75) is 6.43 Å². The molecule has 0 fully saturated rings. The summed E-state index contributed by atoms with van der Waals surface area (Å²) in [6.07, 6.45) is -2.92. The summed E-state index contributed by atoms with van der Waals surface area (Å²) in [6.45, 7) is 0. The lowest BCUT2D eigenvalue weighted by Gasteiger charge is -2.07. The lowest BCUT2D eigenvalue weighted by Crippen LogP contribution is -2.07. The fraction of sp³-hybridized carbons (Fsp3) is 0.143. The summed E-state index contributed by atoms with van der Waals surface area (Å²) >= 11 is 5.07. The number of nitrogen functional groups attached to an aromatic ring is 2. The van der Waals surface area contributed by atoms with Crippen LogP contribution >= 0.6 is 11.6 Å². The lowest BCUT2D eigenvalue weighted by molar-refractivity contribution is 0.106. The molecule has 0 saturated heterocycles. The summed E-state index contributed by atoms with van der Waals surface area (Å²) in [5.41, 5.74) is 9.25. The van der Waals surface area contributed by atoms with Crippen LogP contribution < -0.4 is 11.5 Å². The van der Waals surface area contributed by atoms with Gasteiger partial charge in [0.25, 0.3) is 11.7 Å². The molecule has 0 bridgehead atoms. The molecule has 0 amide bonds.